The first-order valence-electron chi connectivity index (χ1n) is 7.43. The Labute approximate surface area is 126 Å². The molecule has 1 atom stereocenters. The Bertz CT molecular complexity index is 494. The fourth-order valence-electron chi connectivity index (χ4n) is 2.87. The van der Waals surface area contributed by atoms with Crippen molar-refractivity contribution in [2.75, 3.05) is 27.2 Å². The van der Waals surface area contributed by atoms with Crippen molar-refractivity contribution >= 4 is 12.0 Å². The van der Waals surface area contributed by atoms with E-state index in [0.29, 0.717) is 6.04 Å². The van der Waals surface area contributed by atoms with Gasteiger partial charge in [-0.2, -0.15) is 0 Å². The number of rotatable bonds is 6. The topological polar surface area (TPSA) is 43.8 Å². The van der Waals surface area contributed by atoms with Crippen LogP contribution in [0.15, 0.2) is 30.3 Å². The molecule has 0 spiro atoms. The van der Waals surface area contributed by atoms with Crippen LogP contribution in [-0.2, 0) is 11.3 Å². The zero-order valence-corrected chi connectivity index (χ0v) is 12.8. The largest absolute Gasteiger partial charge is 0.478 e. The van der Waals surface area contributed by atoms with Crippen molar-refractivity contribution in [3.8, 4) is 0 Å². The number of benzene rings is 1. The predicted molar refractivity (Wildman–Crippen MR) is 85.1 cm³/mol. The van der Waals surface area contributed by atoms with Crippen LogP contribution in [0, 0.1) is 0 Å². The first kappa shape index (κ1) is 15.7. The number of hydrogen-bond donors (Lipinski definition) is 1. The first-order chi connectivity index (χ1) is 10.0. The summed E-state index contributed by atoms with van der Waals surface area (Å²) in [4.78, 5) is 15.3. The van der Waals surface area contributed by atoms with Gasteiger partial charge in [-0.15, -0.1) is 0 Å². The maximum absolute atomic E-state index is 10.5. The zero-order valence-electron chi connectivity index (χ0n) is 12.8. The van der Waals surface area contributed by atoms with Crippen molar-refractivity contribution in [3.05, 3.63) is 41.5 Å². The Morgan fingerprint density at radius 2 is 2.10 bits per heavy atom. The maximum atomic E-state index is 10.5. The highest BCUT2D eigenvalue weighted by atomic mass is 16.4. The maximum Gasteiger partial charge on any atom is 0.328 e. The van der Waals surface area contributed by atoms with E-state index in [4.69, 9.17) is 5.11 Å². The van der Waals surface area contributed by atoms with Gasteiger partial charge in [0.05, 0.1) is 0 Å². The van der Waals surface area contributed by atoms with Gasteiger partial charge in [-0.3, -0.25) is 4.90 Å². The Hall–Kier alpha value is -1.65. The molecule has 1 fully saturated rings. The third kappa shape index (κ3) is 4.99. The quantitative estimate of drug-likeness (QED) is 0.816. The minimum atomic E-state index is -0.914. The average molecular weight is 288 g/mol. The molecule has 4 nitrogen and oxygen atoms in total. The second-order valence-corrected chi connectivity index (χ2v) is 5.94. The molecule has 4 heteroatoms. The summed E-state index contributed by atoms with van der Waals surface area (Å²) in [6.07, 6.45) is 5.34. The molecule has 1 aliphatic rings. The van der Waals surface area contributed by atoms with E-state index in [9.17, 15) is 4.79 Å². The molecule has 0 amide bonds. The summed E-state index contributed by atoms with van der Waals surface area (Å²) < 4.78 is 0. The summed E-state index contributed by atoms with van der Waals surface area (Å²) in [5.74, 6) is -0.914. The number of hydrogen-bond acceptors (Lipinski definition) is 3. The summed E-state index contributed by atoms with van der Waals surface area (Å²) in [7, 11) is 4.25. The van der Waals surface area contributed by atoms with Crippen LogP contribution in [-0.4, -0.2) is 54.1 Å². The van der Waals surface area contributed by atoms with Crippen molar-refractivity contribution in [1.82, 2.24) is 9.80 Å². The molecule has 1 aliphatic heterocycles. The van der Waals surface area contributed by atoms with Crippen LogP contribution in [0.5, 0.6) is 0 Å². The Morgan fingerprint density at radius 1 is 1.38 bits per heavy atom. The number of carboxylic acid groups (broad SMARTS) is 1. The third-order valence-electron chi connectivity index (χ3n) is 3.86. The summed E-state index contributed by atoms with van der Waals surface area (Å²) in [6.45, 7) is 3.25. The van der Waals surface area contributed by atoms with Gasteiger partial charge < -0.3 is 10.0 Å². The molecule has 0 radical (unpaired) electrons. The van der Waals surface area contributed by atoms with E-state index in [1.807, 2.05) is 12.1 Å². The number of nitrogens with zero attached hydrogens (tertiary/aromatic N) is 2. The molecule has 1 heterocycles. The summed E-state index contributed by atoms with van der Waals surface area (Å²) in [5, 5.41) is 8.62. The molecular weight excluding hydrogens is 264 g/mol. The Balaban J connectivity index is 1.95. The Morgan fingerprint density at radius 3 is 2.71 bits per heavy atom. The molecule has 0 aliphatic carbocycles. The van der Waals surface area contributed by atoms with Crippen LogP contribution in [0.25, 0.3) is 6.08 Å². The third-order valence-corrected chi connectivity index (χ3v) is 3.86. The average Bonchev–Trinajstić information content (AvgIpc) is 2.84. The van der Waals surface area contributed by atoms with Gasteiger partial charge in [0.1, 0.15) is 0 Å². The smallest absolute Gasteiger partial charge is 0.328 e. The first-order valence-corrected chi connectivity index (χ1v) is 7.43. The van der Waals surface area contributed by atoms with Gasteiger partial charge in [-0.1, -0.05) is 24.3 Å². The van der Waals surface area contributed by atoms with Crippen LogP contribution in [0.3, 0.4) is 0 Å². The van der Waals surface area contributed by atoms with Crippen LogP contribution < -0.4 is 0 Å². The van der Waals surface area contributed by atoms with Crippen LogP contribution in [0.1, 0.15) is 24.0 Å². The van der Waals surface area contributed by atoms with Gasteiger partial charge in [0.2, 0.25) is 0 Å². The van der Waals surface area contributed by atoms with E-state index >= 15 is 0 Å². The normalized spacial score (nSPS) is 19.7. The molecule has 1 unspecified atom stereocenters. The molecule has 1 aromatic rings. The molecule has 1 saturated heterocycles. The van der Waals surface area contributed by atoms with Gasteiger partial charge in [-0.05, 0) is 50.7 Å². The highest BCUT2D eigenvalue weighted by Gasteiger charge is 2.24. The lowest BCUT2D eigenvalue weighted by Crippen LogP contribution is -2.37. The molecular formula is C17H24N2O2. The van der Waals surface area contributed by atoms with E-state index in [0.717, 1.165) is 18.7 Å². The minimum absolute atomic E-state index is 0.645. The predicted octanol–water partition coefficient (Wildman–Crippen LogP) is 2.31. The van der Waals surface area contributed by atoms with Crippen molar-refractivity contribution in [1.29, 1.82) is 0 Å². The van der Waals surface area contributed by atoms with E-state index in [1.165, 1.54) is 31.0 Å². The van der Waals surface area contributed by atoms with Gasteiger partial charge in [0.25, 0.3) is 0 Å². The second-order valence-electron chi connectivity index (χ2n) is 5.94. The van der Waals surface area contributed by atoms with E-state index in [1.54, 1.807) is 6.08 Å². The molecule has 0 bridgehead atoms. The highest BCUT2D eigenvalue weighted by Crippen LogP contribution is 2.20. The molecule has 21 heavy (non-hydrogen) atoms. The van der Waals surface area contributed by atoms with Crippen LogP contribution >= 0.6 is 0 Å². The number of carbonyl (C=O) groups is 1. The molecule has 1 N–H and O–H groups in total. The molecule has 1 aromatic carbocycles. The van der Waals surface area contributed by atoms with Gasteiger partial charge in [0.15, 0.2) is 0 Å². The lowest BCUT2D eigenvalue weighted by Gasteiger charge is -2.27. The van der Waals surface area contributed by atoms with Crippen molar-refractivity contribution < 1.29 is 9.90 Å². The zero-order chi connectivity index (χ0) is 15.2. The van der Waals surface area contributed by atoms with Crippen LogP contribution in [0.2, 0.25) is 0 Å². The summed E-state index contributed by atoms with van der Waals surface area (Å²) >= 11 is 0. The molecule has 0 saturated carbocycles. The minimum Gasteiger partial charge on any atom is -0.478 e. The number of likely N-dealkylation sites (N-methyl/N-ethyl adjacent to an activating group) is 1. The van der Waals surface area contributed by atoms with Crippen molar-refractivity contribution in [3.63, 3.8) is 0 Å². The van der Waals surface area contributed by atoms with E-state index in [2.05, 4.69) is 36.0 Å². The lowest BCUT2D eigenvalue weighted by atomic mass is 10.1. The molecule has 114 valence electrons. The number of carboxylic acids is 1. The lowest BCUT2D eigenvalue weighted by molar-refractivity contribution is -0.131. The monoisotopic (exact) mass is 288 g/mol. The number of aliphatic carboxylic acids is 1. The van der Waals surface area contributed by atoms with Gasteiger partial charge in [0, 0.05) is 25.2 Å². The second kappa shape index (κ2) is 7.38. The van der Waals surface area contributed by atoms with Crippen molar-refractivity contribution in [2.45, 2.75) is 25.4 Å². The highest BCUT2D eigenvalue weighted by molar-refractivity contribution is 5.85. The van der Waals surface area contributed by atoms with E-state index < -0.39 is 5.97 Å². The standard InChI is InChI=1S/C17H24N2O2/c1-18(2)13-16-4-3-11-19(16)12-15-7-5-14(6-8-15)9-10-17(20)21/h5-10,16H,3-4,11-13H2,1-2H3,(H,20,21). The molecule has 0 aromatic heterocycles. The SMILES string of the molecule is CN(C)CC1CCCN1Cc1ccc(C=CC(=O)O)cc1. The summed E-state index contributed by atoms with van der Waals surface area (Å²) in [6, 6.07) is 8.78. The van der Waals surface area contributed by atoms with Crippen LogP contribution in [0.4, 0.5) is 0 Å². The van der Waals surface area contributed by atoms with E-state index in [-0.39, 0.29) is 0 Å². The summed E-state index contributed by atoms with van der Waals surface area (Å²) in [5.41, 5.74) is 2.21. The Kier molecular flexibility index (Phi) is 5.53. The van der Waals surface area contributed by atoms with Crippen molar-refractivity contribution in [2.24, 2.45) is 0 Å². The number of likely N-dealkylation sites (tertiary alicyclic amines) is 1. The molecule has 2 rings (SSSR count). The van der Waals surface area contributed by atoms with Gasteiger partial charge in [-0.25, -0.2) is 4.79 Å². The fourth-order valence-corrected chi connectivity index (χ4v) is 2.87. The fraction of sp³-hybridized carbons (Fsp3) is 0.471. The van der Waals surface area contributed by atoms with Gasteiger partial charge >= 0.3 is 5.97 Å².